The summed E-state index contributed by atoms with van der Waals surface area (Å²) in [5.41, 5.74) is 2.62. The first kappa shape index (κ1) is 19.5. The lowest BCUT2D eigenvalue weighted by molar-refractivity contribution is 0.0963. The molecular formula is C22H22N6O2. The smallest absolute Gasteiger partial charge is 0.251 e. The van der Waals surface area contributed by atoms with E-state index in [1.807, 2.05) is 66.7 Å². The van der Waals surface area contributed by atoms with Crippen LogP contribution < -0.4 is 5.32 Å². The van der Waals surface area contributed by atoms with E-state index in [0.717, 1.165) is 22.8 Å². The van der Waals surface area contributed by atoms with Crippen LogP contribution in [0, 0.1) is 0 Å². The number of aromatic nitrogens is 4. The summed E-state index contributed by atoms with van der Waals surface area (Å²) < 4.78 is 7.29. The third-order valence-corrected chi connectivity index (χ3v) is 4.71. The lowest BCUT2D eigenvalue weighted by atomic mass is 10.1. The Morgan fingerprint density at radius 1 is 1.00 bits per heavy atom. The highest BCUT2D eigenvalue weighted by molar-refractivity contribution is 5.93. The van der Waals surface area contributed by atoms with Gasteiger partial charge in [0.25, 0.3) is 5.91 Å². The molecule has 152 valence electrons. The van der Waals surface area contributed by atoms with E-state index < -0.39 is 0 Å². The van der Waals surface area contributed by atoms with E-state index >= 15 is 0 Å². The summed E-state index contributed by atoms with van der Waals surface area (Å²) in [5, 5.41) is 14.9. The van der Waals surface area contributed by atoms with Crippen molar-refractivity contribution in [3.63, 3.8) is 0 Å². The molecule has 0 radical (unpaired) electrons. The SMILES string of the molecule is CNC(=O)c1ccc(CN(Cc2ccco2)Cc2nnnn2-c2ccccc2)cc1. The topological polar surface area (TPSA) is 89.1 Å². The zero-order chi connectivity index (χ0) is 20.8. The van der Waals surface area contributed by atoms with Crippen LogP contribution in [0.15, 0.2) is 77.4 Å². The minimum Gasteiger partial charge on any atom is -0.468 e. The van der Waals surface area contributed by atoms with Crippen LogP contribution >= 0.6 is 0 Å². The number of furan rings is 1. The van der Waals surface area contributed by atoms with Crippen LogP contribution in [0.1, 0.15) is 27.5 Å². The van der Waals surface area contributed by atoms with E-state index in [1.54, 1.807) is 18.0 Å². The predicted octanol–water partition coefficient (Wildman–Crippen LogP) is 2.82. The standard InChI is InChI=1S/C22H22N6O2/c1-23-22(29)18-11-9-17(10-12-18)14-27(15-20-8-5-13-30-20)16-21-24-25-26-28(21)19-6-3-2-4-7-19/h2-13H,14-16H2,1H3,(H,23,29). The number of nitrogens with one attached hydrogen (secondary N) is 1. The van der Waals surface area contributed by atoms with Crippen molar-refractivity contribution in [3.05, 3.63) is 95.7 Å². The second kappa shape index (κ2) is 9.15. The van der Waals surface area contributed by atoms with Gasteiger partial charge in [0, 0.05) is 19.2 Å². The Morgan fingerprint density at radius 3 is 2.50 bits per heavy atom. The number of carbonyl (C=O) groups is 1. The normalized spacial score (nSPS) is 11.0. The Bertz CT molecular complexity index is 1070. The number of benzene rings is 2. The van der Waals surface area contributed by atoms with Gasteiger partial charge >= 0.3 is 0 Å². The molecule has 2 aromatic heterocycles. The molecule has 30 heavy (non-hydrogen) atoms. The number of tetrazole rings is 1. The van der Waals surface area contributed by atoms with Crippen LogP contribution in [0.25, 0.3) is 5.69 Å². The Hall–Kier alpha value is -3.78. The van der Waals surface area contributed by atoms with Gasteiger partial charge in [-0.15, -0.1) is 5.10 Å². The van der Waals surface area contributed by atoms with Crippen molar-refractivity contribution in [1.82, 2.24) is 30.4 Å². The fraction of sp³-hybridized carbons (Fsp3) is 0.182. The van der Waals surface area contributed by atoms with Crippen LogP contribution in [0.4, 0.5) is 0 Å². The van der Waals surface area contributed by atoms with E-state index in [1.165, 1.54) is 0 Å². The Kier molecular flexibility index (Phi) is 5.95. The largest absolute Gasteiger partial charge is 0.468 e. The number of rotatable bonds is 8. The van der Waals surface area contributed by atoms with Crippen molar-refractivity contribution in [1.29, 1.82) is 0 Å². The maximum Gasteiger partial charge on any atom is 0.251 e. The van der Waals surface area contributed by atoms with E-state index in [2.05, 4.69) is 25.7 Å². The van der Waals surface area contributed by atoms with E-state index in [9.17, 15) is 4.79 Å². The first-order chi connectivity index (χ1) is 14.7. The lowest BCUT2D eigenvalue weighted by Crippen LogP contribution is -2.24. The Labute approximate surface area is 174 Å². The van der Waals surface area contributed by atoms with Gasteiger partial charge in [0.05, 0.1) is 25.0 Å². The molecule has 0 aliphatic heterocycles. The molecule has 8 heteroatoms. The number of para-hydroxylation sites is 1. The number of hydrogen-bond donors (Lipinski definition) is 1. The molecule has 0 aliphatic rings. The van der Waals surface area contributed by atoms with Gasteiger partial charge in [-0.1, -0.05) is 30.3 Å². The molecule has 0 aliphatic carbocycles. The molecule has 4 aromatic rings. The van der Waals surface area contributed by atoms with Crippen molar-refractivity contribution in [3.8, 4) is 5.69 Å². The molecular weight excluding hydrogens is 380 g/mol. The van der Waals surface area contributed by atoms with Crippen molar-refractivity contribution < 1.29 is 9.21 Å². The van der Waals surface area contributed by atoms with Gasteiger partial charge in [-0.3, -0.25) is 9.69 Å². The molecule has 2 heterocycles. The summed E-state index contributed by atoms with van der Waals surface area (Å²) in [5.74, 6) is 1.49. The highest BCUT2D eigenvalue weighted by Crippen LogP contribution is 2.16. The molecule has 0 atom stereocenters. The maximum atomic E-state index is 11.8. The molecule has 0 saturated carbocycles. The second-order valence-electron chi connectivity index (χ2n) is 6.84. The average Bonchev–Trinajstić information content (AvgIpc) is 3.46. The van der Waals surface area contributed by atoms with Crippen molar-refractivity contribution >= 4 is 5.91 Å². The third-order valence-electron chi connectivity index (χ3n) is 4.71. The third kappa shape index (κ3) is 4.61. The fourth-order valence-electron chi connectivity index (χ4n) is 3.23. The molecule has 4 rings (SSSR count). The van der Waals surface area contributed by atoms with Gasteiger partial charge < -0.3 is 9.73 Å². The van der Waals surface area contributed by atoms with Crippen molar-refractivity contribution in [2.45, 2.75) is 19.6 Å². The molecule has 0 bridgehead atoms. The summed E-state index contributed by atoms with van der Waals surface area (Å²) in [6, 6.07) is 21.2. The van der Waals surface area contributed by atoms with Gasteiger partial charge in [-0.2, -0.15) is 4.68 Å². The zero-order valence-electron chi connectivity index (χ0n) is 16.6. The van der Waals surface area contributed by atoms with Gasteiger partial charge in [-0.05, 0) is 52.4 Å². The van der Waals surface area contributed by atoms with Crippen LogP contribution in [-0.4, -0.2) is 38.1 Å². The number of nitrogens with zero attached hydrogens (tertiary/aromatic N) is 5. The summed E-state index contributed by atoms with van der Waals surface area (Å²) in [4.78, 5) is 14.0. The molecule has 0 fully saturated rings. The Morgan fingerprint density at radius 2 is 1.80 bits per heavy atom. The number of hydrogen-bond acceptors (Lipinski definition) is 6. The van der Waals surface area contributed by atoms with Gasteiger partial charge in [0.2, 0.25) is 0 Å². The molecule has 8 nitrogen and oxygen atoms in total. The molecule has 0 spiro atoms. The molecule has 2 aromatic carbocycles. The van der Waals surface area contributed by atoms with Gasteiger partial charge in [0.15, 0.2) is 5.82 Å². The highest BCUT2D eigenvalue weighted by atomic mass is 16.3. The van der Waals surface area contributed by atoms with E-state index in [-0.39, 0.29) is 5.91 Å². The minimum absolute atomic E-state index is 0.101. The molecule has 1 amide bonds. The molecule has 0 unspecified atom stereocenters. The fourth-order valence-corrected chi connectivity index (χ4v) is 3.23. The molecule has 1 N–H and O–H groups in total. The number of amides is 1. The predicted molar refractivity (Wildman–Crippen MR) is 111 cm³/mol. The van der Waals surface area contributed by atoms with Crippen LogP contribution in [0.5, 0.6) is 0 Å². The summed E-state index contributed by atoms with van der Waals surface area (Å²) in [7, 11) is 1.62. The lowest BCUT2D eigenvalue weighted by Gasteiger charge is -2.21. The van der Waals surface area contributed by atoms with Crippen LogP contribution in [0.2, 0.25) is 0 Å². The summed E-state index contributed by atoms with van der Waals surface area (Å²) in [6.45, 7) is 1.78. The van der Waals surface area contributed by atoms with E-state index in [0.29, 0.717) is 25.2 Å². The highest BCUT2D eigenvalue weighted by Gasteiger charge is 2.16. The monoisotopic (exact) mass is 402 g/mol. The summed E-state index contributed by atoms with van der Waals surface area (Å²) >= 11 is 0. The maximum absolute atomic E-state index is 11.8. The summed E-state index contributed by atoms with van der Waals surface area (Å²) in [6.07, 6.45) is 1.67. The average molecular weight is 402 g/mol. The molecule has 0 saturated heterocycles. The van der Waals surface area contributed by atoms with Gasteiger partial charge in [0.1, 0.15) is 5.76 Å². The first-order valence-corrected chi connectivity index (χ1v) is 9.61. The van der Waals surface area contributed by atoms with Crippen molar-refractivity contribution in [2.24, 2.45) is 0 Å². The quantitative estimate of drug-likeness (QED) is 0.488. The second-order valence-corrected chi connectivity index (χ2v) is 6.84. The number of carbonyl (C=O) groups excluding carboxylic acids is 1. The zero-order valence-corrected chi connectivity index (χ0v) is 16.6. The van der Waals surface area contributed by atoms with Crippen LogP contribution in [0.3, 0.4) is 0 Å². The van der Waals surface area contributed by atoms with Gasteiger partial charge in [-0.25, -0.2) is 0 Å². The first-order valence-electron chi connectivity index (χ1n) is 9.61. The van der Waals surface area contributed by atoms with Crippen molar-refractivity contribution in [2.75, 3.05) is 7.05 Å². The Balaban J connectivity index is 1.55. The van der Waals surface area contributed by atoms with Crippen LogP contribution in [-0.2, 0) is 19.6 Å². The van der Waals surface area contributed by atoms with E-state index in [4.69, 9.17) is 4.42 Å². The minimum atomic E-state index is -0.101.